The Bertz CT molecular complexity index is 579. The van der Waals surface area contributed by atoms with E-state index in [-0.39, 0.29) is 11.6 Å². The first-order valence-electron chi connectivity index (χ1n) is 7.22. The van der Waals surface area contributed by atoms with Crippen LogP contribution in [0, 0.1) is 5.82 Å². The third-order valence-corrected chi connectivity index (χ3v) is 5.94. The van der Waals surface area contributed by atoms with Crippen molar-refractivity contribution in [3.63, 3.8) is 0 Å². The number of sulfonamides is 1. The van der Waals surface area contributed by atoms with Gasteiger partial charge in [-0.05, 0) is 17.7 Å². The van der Waals surface area contributed by atoms with E-state index in [1.54, 1.807) is 0 Å². The van der Waals surface area contributed by atoms with Crippen molar-refractivity contribution in [1.82, 2.24) is 14.5 Å². The average molecular weight is 313 g/mol. The van der Waals surface area contributed by atoms with Gasteiger partial charge in [0, 0.05) is 45.3 Å². The number of rotatable bonds is 4. The molecule has 0 atom stereocenters. The molecule has 5 nitrogen and oxygen atoms in total. The fourth-order valence-corrected chi connectivity index (χ4v) is 4.40. The Morgan fingerprint density at radius 2 is 1.76 bits per heavy atom. The summed E-state index contributed by atoms with van der Waals surface area (Å²) < 4.78 is 39.0. The molecule has 0 amide bonds. The molecule has 21 heavy (non-hydrogen) atoms. The predicted molar refractivity (Wildman–Crippen MR) is 78.8 cm³/mol. The first-order chi connectivity index (χ1) is 10.0. The molecule has 0 radical (unpaired) electrons. The number of piperazine rings is 1. The lowest BCUT2D eigenvalue weighted by Gasteiger charge is -2.45. The highest BCUT2D eigenvalue weighted by molar-refractivity contribution is 7.88. The standard InChI is InChI=1S/C14H20FN3O2S/c15-13-3-1-12(2-4-13)11-21(19,20)18-9-14(10-18)17-7-5-16-6-8-17/h1-4,14,16H,5-11H2. The molecule has 2 heterocycles. The molecule has 2 aliphatic heterocycles. The van der Waals surface area contributed by atoms with E-state index in [0.717, 1.165) is 26.2 Å². The fourth-order valence-electron chi connectivity index (χ4n) is 2.80. The maximum atomic E-state index is 12.8. The Morgan fingerprint density at radius 1 is 1.14 bits per heavy atom. The van der Waals surface area contributed by atoms with Crippen molar-refractivity contribution in [1.29, 1.82) is 0 Å². The lowest BCUT2D eigenvalue weighted by molar-refractivity contribution is 0.0772. The largest absolute Gasteiger partial charge is 0.314 e. The van der Waals surface area contributed by atoms with Gasteiger partial charge in [-0.1, -0.05) is 12.1 Å². The van der Waals surface area contributed by atoms with Crippen LogP contribution in [0.3, 0.4) is 0 Å². The molecule has 0 aliphatic carbocycles. The van der Waals surface area contributed by atoms with Crippen molar-refractivity contribution in [3.05, 3.63) is 35.6 Å². The van der Waals surface area contributed by atoms with Crippen molar-refractivity contribution in [3.8, 4) is 0 Å². The molecule has 2 fully saturated rings. The summed E-state index contributed by atoms with van der Waals surface area (Å²) >= 11 is 0. The van der Waals surface area contributed by atoms with Crippen LogP contribution in [-0.2, 0) is 15.8 Å². The highest BCUT2D eigenvalue weighted by Gasteiger charge is 2.38. The third kappa shape index (κ3) is 3.42. The summed E-state index contributed by atoms with van der Waals surface area (Å²) in [5.74, 6) is -0.402. The van der Waals surface area contributed by atoms with Gasteiger partial charge in [0.1, 0.15) is 5.82 Å². The van der Waals surface area contributed by atoms with E-state index in [9.17, 15) is 12.8 Å². The van der Waals surface area contributed by atoms with Crippen LogP contribution in [0.25, 0.3) is 0 Å². The minimum Gasteiger partial charge on any atom is -0.314 e. The number of benzene rings is 1. The van der Waals surface area contributed by atoms with Gasteiger partial charge in [-0.25, -0.2) is 12.8 Å². The molecule has 0 bridgehead atoms. The minimum absolute atomic E-state index is 0.0540. The molecule has 1 N–H and O–H groups in total. The van der Waals surface area contributed by atoms with Crippen LogP contribution in [0.4, 0.5) is 4.39 Å². The summed E-state index contributed by atoms with van der Waals surface area (Å²) in [4.78, 5) is 2.35. The lowest BCUT2D eigenvalue weighted by Crippen LogP contribution is -2.63. The average Bonchev–Trinajstić information content (AvgIpc) is 2.40. The zero-order chi connectivity index (χ0) is 14.9. The van der Waals surface area contributed by atoms with E-state index in [1.165, 1.54) is 28.6 Å². The van der Waals surface area contributed by atoms with E-state index >= 15 is 0 Å². The zero-order valence-electron chi connectivity index (χ0n) is 11.8. The second-order valence-corrected chi connectivity index (χ2v) is 7.61. The van der Waals surface area contributed by atoms with Gasteiger partial charge in [-0.2, -0.15) is 4.31 Å². The topological polar surface area (TPSA) is 52.7 Å². The number of nitrogens with one attached hydrogen (secondary N) is 1. The summed E-state index contributed by atoms with van der Waals surface area (Å²) in [6.07, 6.45) is 0. The molecule has 2 saturated heterocycles. The van der Waals surface area contributed by atoms with Gasteiger partial charge in [0.25, 0.3) is 0 Å². The molecule has 3 rings (SSSR count). The summed E-state index contributed by atoms with van der Waals surface area (Å²) in [7, 11) is -3.29. The molecule has 0 saturated carbocycles. The normalized spacial score (nSPS) is 22.1. The number of nitrogens with zero attached hydrogens (tertiary/aromatic N) is 2. The smallest absolute Gasteiger partial charge is 0.218 e. The van der Waals surface area contributed by atoms with Crippen LogP contribution < -0.4 is 5.32 Å². The van der Waals surface area contributed by atoms with Gasteiger partial charge in [0.05, 0.1) is 5.75 Å². The molecular formula is C14H20FN3O2S. The molecule has 2 aliphatic rings. The first kappa shape index (κ1) is 14.9. The first-order valence-corrected chi connectivity index (χ1v) is 8.82. The summed E-state index contributed by atoms with van der Waals surface area (Å²) in [6.45, 7) is 5.05. The van der Waals surface area contributed by atoms with Gasteiger partial charge >= 0.3 is 0 Å². The molecule has 1 aromatic carbocycles. The Morgan fingerprint density at radius 3 is 2.38 bits per heavy atom. The van der Waals surface area contributed by atoms with Gasteiger partial charge in [-0.15, -0.1) is 0 Å². The number of hydrogen-bond donors (Lipinski definition) is 1. The highest BCUT2D eigenvalue weighted by atomic mass is 32.2. The number of hydrogen-bond acceptors (Lipinski definition) is 4. The van der Waals surface area contributed by atoms with E-state index in [1.807, 2.05) is 0 Å². The van der Waals surface area contributed by atoms with E-state index in [2.05, 4.69) is 10.2 Å². The second kappa shape index (κ2) is 6.00. The van der Waals surface area contributed by atoms with Crippen molar-refractivity contribution >= 4 is 10.0 Å². The molecule has 0 unspecified atom stereocenters. The van der Waals surface area contributed by atoms with Crippen molar-refractivity contribution in [2.45, 2.75) is 11.8 Å². The van der Waals surface area contributed by atoms with E-state index in [4.69, 9.17) is 0 Å². The molecule has 116 valence electrons. The molecule has 7 heteroatoms. The summed E-state index contributed by atoms with van der Waals surface area (Å²) in [5, 5.41) is 3.29. The van der Waals surface area contributed by atoms with Crippen molar-refractivity contribution in [2.75, 3.05) is 39.3 Å². The highest BCUT2D eigenvalue weighted by Crippen LogP contribution is 2.22. The lowest BCUT2D eigenvalue weighted by atomic mass is 10.1. The Labute approximate surface area is 124 Å². The monoisotopic (exact) mass is 313 g/mol. The zero-order valence-corrected chi connectivity index (χ0v) is 12.7. The molecule has 0 aromatic heterocycles. The van der Waals surface area contributed by atoms with Crippen LogP contribution in [-0.4, -0.2) is 62.9 Å². The molecular weight excluding hydrogens is 293 g/mol. The van der Waals surface area contributed by atoms with Crippen molar-refractivity contribution < 1.29 is 12.8 Å². The van der Waals surface area contributed by atoms with Gasteiger partial charge in [0.15, 0.2) is 0 Å². The molecule has 0 spiro atoms. The van der Waals surface area contributed by atoms with Crippen LogP contribution in [0.5, 0.6) is 0 Å². The Balaban J connectivity index is 1.56. The maximum absolute atomic E-state index is 12.8. The second-order valence-electron chi connectivity index (χ2n) is 5.64. The minimum atomic E-state index is -3.29. The predicted octanol–water partition coefficient (Wildman–Crippen LogP) is 0.245. The molecule has 1 aromatic rings. The third-order valence-electron chi connectivity index (χ3n) is 4.15. The van der Waals surface area contributed by atoms with Crippen LogP contribution in [0.15, 0.2) is 24.3 Å². The van der Waals surface area contributed by atoms with Gasteiger partial charge in [0.2, 0.25) is 10.0 Å². The van der Waals surface area contributed by atoms with Gasteiger partial charge < -0.3 is 5.32 Å². The quantitative estimate of drug-likeness (QED) is 0.865. The Kier molecular flexibility index (Phi) is 4.26. The van der Waals surface area contributed by atoms with Crippen LogP contribution in [0.1, 0.15) is 5.56 Å². The summed E-state index contributed by atoms with van der Waals surface area (Å²) in [5.41, 5.74) is 0.627. The van der Waals surface area contributed by atoms with Crippen LogP contribution >= 0.6 is 0 Å². The van der Waals surface area contributed by atoms with E-state index in [0.29, 0.717) is 24.7 Å². The SMILES string of the molecule is O=S(=O)(Cc1ccc(F)cc1)N1CC(N2CCNCC2)C1. The van der Waals surface area contributed by atoms with E-state index < -0.39 is 10.0 Å². The summed E-state index contributed by atoms with van der Waals surface area (Å²) in [6, 6.07) is 5.99. The van der Waals surface area contributed by atoms with Crippen LogP contribution in [0.2, 0.25) is 0 Å². The Hall–Kier alpha value is -1.02. The fraction of sp³-hybridized carbons (Fsp3) is 0.571. The van der Waals surface area contributed by atoms with Gasteiger partial charge in [-0.3, -0.25) is 4.90 Å². The maximum Gasteiger partial charge on any atom is 0.218 e. The number of halogens is 1. The van der Waals surface area contributed by atoms with Crippen molar-refractivity contribution in [2.24, 2.45) is 0 Å².